The summed E-state index contributed by atoms with van der Waals surface area (Å²) in [5.74, 6) is -0.453. The predicted molar refractivity (Wildman–Crippen MR) is 132 cm³/mol. The van der Waals surface area contributed by atoms with Gasteiger partial charge in [0.05, 0.1) is 5.84 Å². The molecule has 1 fully saturated rings. The number of carboxylic acids is 1. The second-order valence-corrected chi connectivity index (χ2v) is 8.64. The number of carbonyl (C=O) groups excluding carboxylic acids is 1. The van der Waals surface area contributed by atoms with Crippen LogP contribution in [0.3, 0.4) is 0 Å². The molecule has 0 atom stereocenters. The van der Waals surface area contributed by atoms with Gasteiger partial charge in [-0.15, -0.1) is 0 Å². The van der Waals surface area contributed by atoms with Crippen molar-refractivity contribution in [3.05, 3.63) is 59.2 Å². The third-order valence-corrected chi connectivity index (χ3v) is 6.01. The molecule has 34 heavy (non-hydrogen) atoms. The molecule has 9 nitrogen and oxygen atoms in total. The van der Waals surface area contributed by atoms with E-state index in [9.17, 15) is 9.59 Å². The Balaban J connectivity index is 1.75. The molecule has 0 spiro atoms. The lowest BCUT2D eigenvalue weighted by atomic mass is 9.96. The van der Waals surface area contributed by atoms with E-state index < -0.39 is 18.4 Å². The fraction of sp³-hybridized carbons (Fsp3) is 0.360. The van der Waals surface area contributed by atoms with Crippen molar-refractivity contribution in [3.63, 3.8) is 0 Å². The number of amides is 1. The van der Waals surface area contributed by atoms with Gasteiger partial charge in [-0.05, 0) is 73.2 Å². The van der Waals surface area contributed by atoms with Gasteiger partial charge in [0, 0.05) is 30.8 Å². The Hall–Kier alpha value is -3.72. The molecule has 2 aromatic rings. The molecule has 3 rings (SSSR count). The molecule has 1 aliphatic heterocycles. The van der Waals surface area contributed by atoms with Crippen LogP contribution in [0.1, 0.15) is 41.3 Å². The molecule has 0 aliphatic carbocycles. The van der Waals surface area contributed by atoms with Crippen molar-refractivity contribution < 1.29 is 14.7 Å². The minimum atomic E-state index is -1.11. The summed E-state index contributed by atoms with van der Waals surface area (Å²) in [6.45, 7) is 4.57. The second kappa shape index (κ2) is 11.4. The topological polar surface area (TPSA) is 155 Å². The average molecular weight is 465 g/mol. The van der Waals surface area contributed by atoms with E-state index in [0.29, 0.717) is 29.4 Å². The maximum atomic E-state index is 12.6. The number of hydrogen-bond acceptors (Lipinski definition) is 5. The Morgan fingerprint density at radius 3 is 2.44 bits per heavy atom. The van der Waals surface area contributed by atoms with Crippen molar-refractivity contribution in [3.8, 4) is 11.1 Å². The molecule has 0 aromatic heterocycles. The van der Waals surface area contributed by atoms with E-state index in [2.05, 4.69) is 15.5 Å². The standard InChI is InChI=1S/C25H32N6O3/c1-16(26)31-7-5-17(6-8-31)13-29-14-18-9-21(19-3-2-4-20(11-19)24(27)28)12-22(10-18)25(34)30-15-23(32)33/h2-4,9-12,17,26,29H,5-8,13-15H2,1H3,(H3,27,28)(H,30,34)(H,32,33). The third kappa shape index (κ3) is 6.89. The van der Waals surface area contributed by atoms with Gasteiger partial charge in [-0.3, -0.25) is 20.4 Å². The third-order valence-electron chi connectivity index (χ3n) is 6.01. The molecule has 0 bridgehead atoms. The number of amidine groups is 2. The highest BCUT2D eigenvalue weighted by Gasteiger charge is 2.19. The Kier molecular flexibility index (Phi) is 8.37. The monoisotopic (exact) mass is 464 g/mol. The molecular formula is C25H32N6O3. The van der Waals surface area contributed by atoms with E-state index in [-0.39, 0.29) is 5.84 Å². The summed E-state index contributed by atoms with van der Waals surface area (Å²) < 4.78 is 0. The van der Waals surface area contributed by atoms with E-state index in [1.165, 1.54) is 0 Å². The number of piperidine rings is 1. The average Bonchev–Trinajstić information content (AvgIpc) is 2.82. The van der Waals surface area contributed by atoms with Crippen LogP contribution in [-0.2, 0) is 11.3 Å². The number of nitrogen functional groups attached to an aromatic ring is 1. The first-order valence-corrected chi connectivity index (χ1v) is 11.3. The summed E-state index contributed by atoms with van der Waals surface area (Å²) in [6, 6.07) is 12.7. The summed E-state index contributed by atoms with van der Waals surface area (Å²) >= 11 is 0. The highest BCUT2D eigenvalue weighted by Crippen LogP contribution is 2.24. The van der Waals surface area contributed by atoms with Crippen LogP contribution in [0.2, 0.25) is 0 Å². The van der Waals surface area contributed by atoms with Gasteiger partial charge < -0.3 is 26.4 Å². The number of carboxylic acid groups (broad SMARTS) is 1. The maximum absolute atomic E-state index is 12.6. The van der Waals surface area contributed by atoms with Gasteiger partial charge in [0.2, 0.25) is 0 Å². The quantitative estimate of drug-likeness (QED) is 0.247. The van der Waals surface area contributed by atoms with Gasteiger partial charge in [0.1, 0.15) is 12.4 Å². The zero-order valence-electron chi connectivity index (χ0n) is 19.4. The van der Waals surface area contributed by atoms with E-state index in [0.717, 1.165) is 49.2 Å². The van der Waals surface area contributed by atoms with E-state index >= 15 is 0 Å². The highest BCUT2D eigenvalue weighted by atomic mass is 16.4. The Labute approximate surface area is 199 Å². The number of rotatable bonds is 9. The number of nitrogens with two attached hydrogens (primary N) is 1. The van der Waals surface area contributed by atoms with Crippen molar-refractivity contribution >= 4 is 23.5 Å². The first kappa shape index (κ1) is 24.9. The Bertz CT molecular complexity index is 1080. The van der Waals surface area contributed by atoms with Gasteiger partial charge in [-0.2, -0.15) is 0 Å². The molecule has 0 radical (unpaired) electrons. The lowest BCUT2D eigenvalue weighted by Gasteiger charge is -2.32. The summed E-state index contributed by atoms with van der Waals surface area (Å²) in [5.41, 5.74) is 9.11. The van der Waals surface area contributed by atoms with Crippen molar-refractivity contribution in [1.29, 1.82) is 10.8 Å². The summed E-state index contributed by atoms with van der Waals surface area (Å²) in [6.07, 6.45) is 2.06. The number of nitrogens with zero attached hydrogens (tertiary/aromatic N) is 1. The second-order valence-electron chi connectivity index (χ2n) is 8.64. The minimum absolute atomic E-state index is 0.0386. The van der Waals surface area contributed by atoms with E-state index in [1.54, 1.807) is 24.3 Å². The fourth-order valence-electron chi connectivity index (χ4n) is 4.11. The number of hydrogen-bond donors (Lipinski definition) is 6. The van der Waals surface area contributed by atoms with Crippen LogP contribution in [0.5, 0.6) is 0 Å². The van der Waals surface area contributed by atoms with Crippen LogP contribution in [-0.4, -0.2) is 59.7 Å². The predicted octanol–water partition coefficient (Wildman–Crippen LogP) is 2.25. The first-order valence-electron chi connectivity index (χ1n) is 11.3. The zero-order chi connectivity index (χ0) is 24.7. The van der Waals surface area contributed by atoms with Crippen molar-refractivity contribution in [2.75, 3.05) is 26.2 Å². The number of benzene rings is 2. The summed E-state index contributed by atoms with van der Waals surface area (Å²) in [5, 5.41) is 30.3. The van der Waals surface area contributed by atoms with Gasteiger partial charge in [-0.25, -0.2) is 0 Å². The van der Waals surface area contributed by atoms with Crippen molar-refractivity contribution in [1.82, 2.24) is 15.5 Å². The molecule has 1 amide bonds. The number of aliphatic carboxylic acids is 1. The number of likely N-dealkylation sites (tertiary alicyclic amines) is 1. The lowest BCUT2D eigenvalue weighted by molar-refractivity contribution is -0.135. The van der Waals surface area contributed by atoms with Gasteiger partial charge >= 0.3 is 5.97 Å². The van der Waals surface area contributed by atoms with Crippen molar-refractivity contribution in [2.45, 2.75) is 26.3 Å². The number of nitrogens with one attached hydrogen (secondary N) is 4. The molecule has 0 saturated carbocycles. The molecule has 180 valence electrons. The van der Waals surface area contributed by atoms with Crippen LogP contribution in [0.4, 0.5) is 0 Å². The van der Waals surface area contributed by atoms with Crippen LogP contribution in [0, 0.1) is 16.7 Å². The Morgan fingerprint density at radius 1 is 1.09 bits per heavy atom. The summed E-state index contributed by atoms with van der Waals surface area (Å²) in [7, 11) is 0. The molecule has 9 heteroatoms. The van der Waals surface area contributed by atoms with Crippen LogP contribution < -0.4 is 16.4 Å². The largest absolute Gasteiger partial charge is 0.480 e. The fourth-order valence-corrected chi connectivity index (χ4v) is 4.11. The summed E-state index contributed by atoms with van der Waals surface area (Å²) in [4.78, 5) is 25.6. The minimum Gasteiger partial charge on any atom is -0.480 e. The number of carbonyl (C=O) groups is 2. The smallest absolute Gasteiger partial charge is 0.322 e. The molecular weight excluding hydrogens is 432 g/mol. The van der Waals surface area contributed by atoms with Gasteiger partial charge in [0.15, 0.2) is 0 Å². The van der Waals surface area contributed by atoms with Crippen molar-refractivity contribution in [2.24, 2.45) is 11.7 Å². The molecule has 7 N–H and O–H groups in total. The molecule has 1 aliphatic rings. The van der Waals surface area contributed by atoms with Gasteiger partial charge in [0.25, 0.3) is 5.91 Å². The van der Waals surface area contributed by atoms with E-state index in [4.69, 9.17) is 21.7 Å². The molecule has 1 heterocycles. The van der Waals surface area contributed by atoms with E-state index in [1.807, 2.05) is 25.1 Å². The molecule has 1 saturated heterocycles. The first-order chi connectivity index (χ1) is 16.2. The van der Waals surface area contributed by atoms with Crippen LogP contribution >= 0.6 is 0 Å². The molecule has 2 aromatic carbocycles. The van der Waals surface area contributed by atoms with Crippen LogP contribution in [0.15, 0.2) is 42.5 Å². The highest BCUT2D eigenvalue weighted by molar-refractivity contribution is 5.98. The maximum Gasteiger partial charge on any atom is 0.322 e. The Morgan fingerprint density at radius 2 is 1.79 bits per heavy atom. The van der Waals surface area contributed by atoms with Gasteiger partial charge in [-0.1, -0.05) is 18.2 Å². The zero-order valence-corrected chi connectivity index (χ0v) is 19.4. The molecule has 0 unspecified atom stereocenters. The lowest BCUT2D eigenvalue weighted by Crippen LogP contribution is -2.39. The van der Waals surface area contributed by atoms with Crippen LogP contribution in [0.25, 0.3) is 11.1 Å². The SMILES string of the molecule is CC(=N)N1CCC(CNCc2cc(C(=O)NCC(=O)O)cc(-c3cccc(C(=N)N)c3)c2)CC1. The normalized spacial score (nSPS) is 14.0.